The summed E-state index contributed by atoms with van der Waals surface area (Å²) in [5.74, 6) is 0. The Hall–Kier alpha value is -2.96. The lowest BCUT2D eigenvalue weighted by atomic mass is 10.1. The van der Waals surface area contributed by atoms with Crippen molar-refractivity contribution in [1.82, 2.24) is 9.13 Å². The van der Waals surface area contributed by atoms with E-state index in [2.05, 4.69) is 0 Å². The monoisotopic (exact) mass is 364 g/mol. The van der Waals surface area contributed by atoms with E-state index in [0.29, 0.717) is 16.2 Å². The maximum atomic E-state index is 13.2. The molecule has 0 saturated carbocycles. The molecule has 1 unspecified atom stereocenters. The normalized spacial score (nSPS) is 15.3. The molecule has 1 aromatic heterocycles. The number of fused-ring (bicyclic) bond motifs is 1. The number of aromatic nitrogens is 2. The first-order valence-electron chi connectivity index (χ1n) is 8.09. The molecule has 4 rings (SSSR count). The molecular formula is C20H16N2O3S. The van der Waals surface area contributed by atoms with Gasteiger partial charge in [0.05, 0.1) is 12.1 Å². The highest BCUT2D eigenvalue weighted by Crippen LogP contribution is 2.32. The third-order valence-corrected chi connectivity index (χ3v) is 5.43. The van der Waals surface area contributed by atoms with Gasteiger partial charge in [0.1, 0.15) is 5.03 Å². The summed E-state index contributed by atoms with van der Waals surface area (Å²) in [6.45, 7) is 0.176. The molecule has 1 aliphatic heterocycles. The molecule has 6 heteroatoms. The van der Waals surface area contributed by atoms with Crippen LogP contribution in [0.5, 0.6) is 0 Å². The smallest absolute Gasteiger partial charge is 0.331 e. The standard InChI is InChI=1S/C20H16N2O3S/c23-18-17(16-10-5-2-6-11-16)19-21(12-7-13-26(19)25)20(24)22(18)14-15-8-3-1-4-9-15/h1-13,25H,14H2. The number of hydrogen-bond donors (Lipinski definition) is 1. The van der Waals surface area contributed by atoms with Crippen LogP contribution in [0, 0.1) is 0 Å². The summed E-state index contributed by atoms with van der Waals surface area (Å²) in [4.78, 5) is 26.1. The van der Waals surface area contributed by atoms with E-state index in [1.165, 1.54) is 9.13 Å². The first-order valence-corrected chi connectivity index (χ1v) is 9.34. The molecule has 1 atom stereocenters. The van der Waals surface area contributed by atoms with Crippen molar-refractivity contribution in [3.05, 3.63) is 93.1 Å². The fraction of sp³-hybridized carbons (Fsp3) is 0.0500. The zero-order valence-corrected chi connectivity index (χ0v) is 14.6. The zero-order valence-electron chi connectivity index (χ0n) is 13.8. The molecule has 3 aromatic rings. The third-order valence-electron chi connectivity index (χ3n) is 4.22. The van der Waals surface area contributed by atoms with E-state index < -0.39 is 22.0 Å². The lowest BCUT2D eigenvalue weighted by Crippen LogP contribution is -2.41. The van der Waals surface area contributed by atoms with Crippen LogP contribution >= 0.6 is 10.8 Å². The Morgan fingerprint density at radius 1 is 0.923 bits per heavy atom. The molecule has 0 amide bonds. The largest absolute Gasteiger partial charge is 0.336 e. The van der Waals surface area contributed by atoms with Gasteiger partial charge in [-0.3, -0.25) is 13.9 Å². The van der Waals surface area contributed by atoms with Crippen molar-refractivity contribution in [2.75, 3.05) is 0 Å². The Bertz CT molecular complexity index is 1140. The average molecular weight is 364 g/mol. The van der Waals surface area contributed by atoms with E-state index in [1.54, 1.807) is 17.6 Å². The van der Waals surface area contributed by atoms with Gasteiger partial charge in [-0.25, -0.2) is 4.79 Å². The van der Waals surface area contributed by atoms with Crippen molar-refractivity contribution in [2.45, 2.75) is 11.6 Å². The number of rotatable bonds is 3. The van der Waals surface area contributed by atoms with E-state index in [9.17, 15) is 14.1 Å². The van der Waals surface area contributed by atoms with Gasteiger partial charge in [0.25, 0.3) is 5.56 Å². The van der Waals surface area contributed by atoms with Crippen LogP contribution in [0.25, 0.3) is 17.3 Å². The van der Waals surface area contributed by atoms with E-state index >= 15 is 0 Å². The highest BCUT2D eigenvalue weighted by Gasteiger charge is 2.22. The number of allylic oxidation sites excluding steroid dienone is 1. The predicted octanol–water partition coefficient (Wildman–Crippen LogP) is 3.11. The summed E-state index contributed by atoms with van der Waals surface area (Å²) in [6.07, 6.45) is 3.22. The van der Waals surface area contributed by atoms with E-state index in [-0.39, 0.29) is 6.54 Å². The van der Waals surface area contributed by atoms with Gasteiger partial charge in [-0.05, 0) is 33.3 Å². The second-order valence-corrected chi connectivity index (χ2v) is 7.16. The summed E-state index contributed by atoms with van der Waals surface area (Å²) >= 11 is 0. The first-order chi connectivity index (χ1) is 12.7. The van der Waals surface area contributed by atoms with Crippen LogP contribution in [-0.4, -0.2) is 19.1 Å². The minimum absolute atomic E-state index is 0.176. The van der Waals surface area contributed by atoms with Gasteiger partial charge >= 0.3 is 5.69 Å². The molecule has 130 valence electrons. The molecule has 5 nitrogen and oxygen atoms in total. The first kappa shape index (κ1) is 16.5. The van der Waals surface area contributed by atoms with Crippen molar-refractivity contribution in [2.24, 2.45) is 0 Å². The molecule has 2 heterocycles. The Kier molecular flexibility index (Phi) is 4.28. The van der Waals surface area contributed by atoms with Gasteiger partial charge in [-0.15, -0.1) is 0 Å². The van der Waals surface area contributed by atoms with Gasteiger partial charge in [-0.2, -0.15) is 0 Å². The number of hydrogen-bond acceptors (Lipinski definition) is 3. The van der Waals surface area contributed by atoms with Gasteiger partial charge in [0.2, 0.25) is 0 Å². The maximum absolute atomic E-state index is 13.2. The van der Waals surface area contributed by atoms with Crippen LogP contribution in [-0.2, 0) is 6.54 Å². The zero-order chi connectivity index (χ0) is 18.1. The molecule has 0 bridgehead atoms. The summed E-state index contributed by atoms with van der Waals surface area (Å²) in [5.41, 5.74) is 1.04. The third kappa shape index (κ3) is 2.79. The Balaban J connectivity index is 2.04. The number of benzene rings is 2. The molecule has 0 spiro atoms. The minimum atomic E-state index is -1.31. The summed E-state index contributed by atoms with van der Waals surface area (Å²) in [6, 6.07) is 18.5. The van der Waals surface area contributed by atoms with Crippen LogP contribution in [0.2, 0.25) is 0 Å². The molecule has 26 heavy (non-hydrogen) atoms. The molecule has 0 saturated heterocycles. The van der Waals surface area contributed by atoms with E-state index in [1.807, 2.05) is 60.7 Å². The van der Waals surface area contributed by atoms with Crippen LogP contribution < -0.4 is 11.2 Å². The lowest BCUT2D eigenvalue weighted by molar-refractivity contribution is 0.626. The molecule has 0 radical (unpaired) electrons. The Morgan fingerprint density at radius 2 is 1.58 bits per heavy atom. The molecule has 1 aliphatic rings. The topological polar surface area (TPSA) is 64.2 Å². The number of nitrogens with zero attached hydrogens (tertiary/aromatic N) is 2. The van der Waals surface area contributed by atoms with Crippen molar-refractivity contribution >= 4 is 22.3 Å². The van der Waals surface area contributed by atoms with Crippen molar-refractivity contribution in [3.63, 3.8) is 0 Å². The van der Waals surface area contributed by atoms with Gasteiger partial charge < -0.3 is 4.55 Å². The summed E-state index contributed by atoms with van der Waals surface area (Å²) in [7, 11) is -1.31. The fourth-order valence-electron chi connectivity index (χ4n) is 3.00. The average Bonchev–Trinajstić information content (AvgIpc) is 2.68. The van der Waals surface area contributed by atoms with Crippen LogP contribution in [0.15, 0.2) is 81.4 Å². The van der Waals surface area contributed by atoms with Crippen molar-refractivity contribution in [1.29, 1.82) is 0 Å². The van der Waals surface area contributed by atoms with Gasteiger partial charge in [0.15, 0.2) is 0 Å². The maximum Gasteiger partial charge on any atom is 0.336 e. The molecular weight excluding hydrogens is 348 g/mol. The fourth-order valence-corrected chi connectivity index (χ4v) is 4.11. The molecule has 2 aromatic carbocycles. The SMILES string of the molecule is O=c1c(-c2ccccc2)c2n(c(=O)n1Cc1ccccc1)C=CC=S2O. The van der Waals surface area contributed by atoms with Crippen LogP contribution in [0.1, 0.15) is 5.56 Å². The van der Waals surface area contributed by atoms with E-state index in [0.717, 1.165) is 5.56 Å². The molecule has 1 N–H and O–H groups in total. The Labute approximate surface area is 152 Å². The minimum Gasteiger partial charge on any atom is -0.331 e. The highest BCUT2D eigenvalue weighted by molar-refractivity contribution is 8.10. The quantitative estimate of drug-likeness (QED) is 0.574. The summed E-state index contributed by atoms with van der Waals surface area (Å²) in [5, 5.41) is 1.92. The summed E-state index contributed by atoms with van der Waals surface area (Å²) < 4.78 is 13.0. The molecule has 0 fully saturated rings. The van der Waals surface area contributed by atoms with Crippen LogP contribution in [0.3, 0.4) is 0 Å². The second kappa shape index (κ2) is 6.74. The van der Waals surface area contributed by atoms with Crippen molar-refractivity contribution < 1.29 is 4.55 Å². The highest BCUT2D eigenvalue weighted by atomic mass is 32.2. The lowest BCUT2D eigenvalue weighted by Gasteiger charge is -2.19. The predicted molar refractivity (Wildman–Crippen MR) is 106 cm³/mol. The van der Waals surface area contributed by atoms with Gasteiger partial charge in [0, 0.05) is 6.20 Å². The Morgan fingerprint density at radius 3 is 2.27 bits per heavy atom. The van der Waals surface area contributed by atoms with Crippen molar-refractivity contribution in [3.8, 4) is 11.1 Å². The van der Waals surface area contributed by atoms with Gasteiger partial charge in [-0.1, -0.05) is 60.7 Å². The van der Waals surface area contributed by atoms with E-state index in [4.69, 9.17) is 0 Å². The second-order valence-electron chi connectivity index (χ2n) is 5.87. The molecule has 0 aliphatic carbocycles. The van der Waals surface area contributed by atoms with Crippen LogP contribution in [0.4, 0.5) is 0 Å².